The second-order valence-electron chi connectivity index (χ2n) is 5.88. The fraction of sp³-hybridized carbons (Fsp3) is 0.150. The second-order valence-corrected chi connectivity index (χ2v) is 8.45. The van der Waals surface area contributed by atoms with E-state index in [0.717, 1.165) is 32.0 Å². The molecule has 28 heavy (non-hydrogen) atoms. The van der Waals surface area contributed by atoms with Gasteiger partial charge in [0.1, 0.15) is 6.04 Å². The Morgan fingerprint density at radius 1 is 1.11 bits per heavy atom. The van der Waals surface area contributed by atoms with Gasteiger partial charge in [-0.3, -0.25) is 14.5 Å². The Morgan fingerprint density at radius 3 is 2.25 bits per heavy atom. The summed E-state index contributed by atoms with van der Waals surface area (Å²) in [6.07, 6.45) is 1.64. The molecule has 0 radical (unpaired) electrons. The van der Waals surface area contributed by atoms with Gasteiger partial charge in [-0.15, -0.1) is 0 Å². The Morgan fingerprint density at radius 2 is 1.68 bits per heavy atom. The molecule has 8 heteroatoms. The Balaban J connectivity index is 1.73. The van der Waals surface area contributed by atoms with Crippen LogP contribution in [0, 0.1) is 0 Å². The number of hydrogen-bond acceptors (Lipinski definition) is 6. The molecule has 2 aromatic carbocycles. The molecule has 1 aliphatic rings. The number of hydrogen-bond donors (Lipinski definition) is 0. The van der Waals surface area contributed by atoms with Crippen LogP contribution in [0.15, 0.2) is 63.2 Å². The van der Waals surface area contributed by atoms with E-state index in [1.54, 1.807) is 17.8 Å². The number of carbonyl (C=O) groups excluding carboxylic acids is 3. The van der Waals surface area contributed by atoms with Crippen molar-refractivity contribution in [3.63, 3.8) is 0 Å². The first kappa shape index (κ1) is 20.5. The lowest BCUT2D eigenvalue weighted by Crippen LogP contribution is -2.42. The molecule has 3 rings (SSSR count). The van der Waals surface area contributed by atoms with Gasteiger partial charge in [0.05, 0.1) is 12.0 Å². The summed E-state index contributed by atoms with van der Waals surface area (Å²) in [5.74, 6) is -1.13. The number of carbonyl (C=O) groups is 3. The van der Waals surface area contributed by atoms with Gasteiger partial charge in [-0.25, -0.2) is 4.79 Å². The van der Waals surface area contributed by atoms with Crippen molar-refractivity contribution in [2.24, 2.45) is 0 Å². The standard InChI is InChI=1S/C20H16ClNO4S2/c1-12(19(24)26-2)22-18(23)17(28-20(22)25)11-13-3-7-15(8-4-13)27-16-9-5-14(21)6-10-16/h3-12H,1-2H3/b17-11+/t12-/m1/s1. The molecule has 2 aromatic rings. The zero-order valence-electron chi connectivity index (χ0n) is 15.0. The van der Waals surface area contributed by atoms with Gasteiger partial charge in [0, 0.05) is 14.8 Å². The molecule has 5 nitrogen and oxygen atoms in total. The first-order valence-corrected chi connectivity index (χ1v) is 10.3. The topological polar surface area (TPSA) is 63.7 Å². The van der Waals surface area contributed by atoms with Crippen LogP contribution in [0.2, 0.25) is 5.02 Å². The van der Waals surface area contributed by atoms with Crippen molar-refractivity contribution in [2.45, 2.75) is 22.8 Å². The van der Waals surface area contributed by atoms with Crippen LogP contribution in [-0.4, -0.2) is 35.2 Å². The molecule has 1 heterocycles. The Labute approximate surface area is 176 Å². The molecule has 1 atom stereocenters. The summed E-state index contributed by atoms with van der Waals surface area (Å²) in [4.78, 5) is 39.6. The summed E-state index contributed by atoms with van der Waals surface area (Å²) in [6, 6.07) is 14.2. The zero-order valence-corrected chi connectivity index (χ0v) is 17.4. The Bertz CT molecular complexity index is 942. The molecule has 0 bridgehead atoms. The minimum Gasteiger partial charge on any atom is -0.467 e. The average Bonchev–Trinajstić information content (AvgIpc) is 2.97. The van der Waals surface area contributed by atoms with Crippen molar-refractivity contribution < 1.29 is 19.1 Å². The van der Waals surface area contributed by atoms with E-state index in [2.05, 4.69) is 4.74 Å². The van der Waals surface area contributed by atoms with E-state index in [0.29, 0.717) is 5.02 Å². The minimum atomic E-state index is -0.957. The SMILES string of the molecule is COC(=O)[C@@H](C)N1C(=O)S/C(=C/c2ccc(Sc3ccc(Cl)cc3)cc2)C1=O. The highest BCUT2D eigenvalue weighted by molar-refractivity contribution is 8.18. The molecular formula is C20H16ClNO4S2. The van der Waals surface area contributed by atoms with Crippen LogP contribution in [-0.2, 0) is 14.3 Å². The lowest BCUT2D eigenvalue weighted by atomic mass is 10.2. The molecule has 0 spiro atoms. The monoisotopic (exact) mass is 433 g/mol. The number of ether oxygens (including phenoxy) is 1. The quantitative estimate of drug-likeness (QED) is 0.483. The van der Waals surface area contributed by atoms with Gasteiger partial charge < -0.3 is 4.74 Å². The molecular weight excluding hydrogens is 418 g/mol. The number of methoxy groups -OCH3 is 1. The van der Waals surface area contributed by atoms with Crippen molar-refractivity contribution in [2.75, 3.05) is 7.11 Å². The molecule has 0 unspecified atom stereocenters. The number of amides is 2. The van der Waals surface area contributed by atoms with Crippen molar-refractivity contribution in [1.82, 2.24) is 4.90 Å². The normalized spacial score (nSPS) is 16.5. The van der Waals surface area contributed by atoms with Gasteiger partial charge in [-0.1, -0.05) is 35.5 Å². The summed E-state index contributed by atoms with van der Waals surface area (Å²) < 4.78 is 4.62. The summed E-state index contributed by atoms with van der Waals surface area (Å²) in [5, 5.41) is 0.208. The molecule has 1 fully saturated rings. The molecule has 0 saturated carbocycles. The first-order chi connectivity index (χ1) is 13.4. The van der Waals surface area contributed by atoms with E-state index in [-0.39, 0.29) is 4.91 Å². The summed E-state index contributed by atoms with van der Waals surface area (Å²) in [6.45, 7) is 1.47. The average molecular weight is 434 g/mol. The highest BCUT2D eigenvalue weighted by atomic mass is 35.5. The molecule has 144 valence electrons. The Kier molecular flexibility index (Phi) is 6.49. The minimum absolute atomic E-state index is 0.277. The summed E-state index contributed by atoms with van der Waals surface area (Å²) >= 11 is 8.30. The molecule has 2 amide bonds. The van der Waals surface area contributed by atoms with Crippen molar-refractivity contribution in [3.8, 4) is 0 Å². The number of thioether (sulfide) groups is 1. The van der Waals surface area contributed by atoms with Crippen LogP contribution in [0.4, 0.5) is 4.79 Å². The van der Waals surface area contributed by atoms with Crippen molar-refractivity contribution >= 4 is 58.3 Å². The van der Waals surface area contributed by atoms with Crippen molar-refractivity contribution in [3.05, 3.63) is 64.0 Å². The van der Waals surface area contributed by atoms with E-state index in [4.69, 9.17) is 11.6 Å². The number of rotatable bonds is 5. The highest BCUT2D eigenvalue weighted by Crippen LogP contribution is 2.34. The van der Waals surface area contributed by atoms with Gasteiger partial charge in [-0.05, 0) is 66.7 Å². The predicted molar refractivity (Wildman–Crippen MR) is 111 cm³/mol. The van der Waals surface area contributed by atoms with E-state index >= 15 is 0 Å². The smallest absolute Gasteiger partial charge is 0.328 e. The highest BCUT2D eigenvalue weighted by Gasteiger charge is 2.41. The number of halogens is 1. The van der Waals surface area contributed by atoms with E-state index in [9.17, 15) is 14.4 Å². The maximum atomic E-state index is 12.5. The molecule has 0 aliphatic carbocycles. The number of esters is 1. The van der Waals surface area contributed by atoms with Gasteiger partial charge in [-0.2, -0.15) is 0 Å². The molecule has 0 aromatic heterocycles. The summed E-state index contributed by atoms with van der Waals surface area (Å²) in [7, 11) is 1.22. The Hall–Kier alpha value is -2.22. The molecule has 0 N–H and O–H groups in total. The van der Waals surface area contributed by atoms with Crippen molar-refractivity contribution in [1.29, 1.82) is 0 Å². The largest absolute Gasteiger partial charge is 0.467 e. The van der Waals surface area contributed by atoms with Crippen LogP contribution in [0.3, 0.4) is 0 Å². The fourth-order valence-electron chi connectivity index (χ4n) is 2.51. The third-order valence-corrected chi connectivity index (χ3v) is 6.13. The van der Waals surface area contributed by atoms with Gasteiger partial charge in [0.25, 0.3) is 11.1 Å². The number of imide groups is 1. The van der Waals surface area contributed by atoms with Gasteiger partial charge in [0.15, 0.2) is 0 Å². The van der Waals surface area contributed by atoms with Crippen LogP contribution in [0.1, 0.15) is 12.5 Å². The van der Waals surface area contributed by atoms with E-state index < -0.39 is 23.2 Å². The number of nitrogens with zero attached hydrogens (tertiary/aromatic N) is 1. The maximum absolute atomic E-state index is 12.5. The van der Waals surface area contributed by atoms with Gasteiger partial charge >= 0.3 is 5.97 Å². The molecule has 1 aliphatic heterocycles. The van der Waals surface area contributed by atoms with Gasteiger partial charge in [0.2, 0.25) is 0 Å². The van der Waals surface area contributed by atoms with Crippen LogP contribution in [0.25, 0.3) is 6.08 Å². The number of benzene rings is 2. The lowest BCUT2D eigenvalue weighted by Gasteiger charge is -2.18. The van der Waals surface area contributed by atoms with Crippen LogP contribution < -0.4 is 0 Å². The van der Waals surface area contributed by atoms with E-state index in [1.165, 1.54) is 14.0 Å². The first-order valence-electron chi connectivity index (χ1n) is 8.27. The van der Waals surface area contributed by atoms with Crippen LogP contribution >= 0.6 is 35.1 Å². The molecule has 1 saturated heterocycles. The van der Waals surface area contributed by atoms with Crippen LogP contribution in [0.5, 0.6) is 0 Å². The third kappa shape index (κ3) is 4.60. The lowest BCUT2D eigenvalue weighted by molar-refractivity contribution is -0.148. The predicted octanol–water partition coefficient (Wildman–Crippen LogP) is 5.09. The second kappa shape index (κ2) is 8.86. The fourth-order valence-corrected chi connectivity index (χ4v) is 4.36. The van der Waals surface area contributed by atoms with E-state index in [1.807, 2.05) is 48.5 Å². The summed E-state index contributed by atoms with van der Waals surface area (Å²) in [5.41, 5.74) is 0.789. The zero-order chi connectivity index (χ0) is 20.3. The third-order valence-electron chi connectivity index (χ3n) is 3.98. The maximum Gasteiger partial charge on any atom is 0.328 e.